The maximum absolute atomic E-state index is 13.0. The molecular weight excluding hydrogens is 248 g/mol. The van der Waals surface area contributed by atoms with Crippen molar-refractivity contribution in [2.45, 2.75) is 31.4 Å². The molecule has 2 rings (SSSR count). The van der Waals surface area contributed by atoms with Crippen molar-refractivity contribution >= 4 is 12.4 Å². The monoisotopic (exact) mass is 263 g/mol. The molecule has 17 heavy (non-hydrogen) atoms. The molecule has 0 saturated heterocycles. The lowest BCUT2D eigenvalue weighted by Gasteiger charge is -2.33. The van der Waals surface area contributed by atoms with Crippen molar-refractivity contribution in [3.63, 3.8) is 0 Å². The van der Waals surface area contributed by atoms with Crippen molar-refractivity contribution in [3.05, 3.63) is 35.4 Å². The van der Waals surface area contributed by atoms with Crippen molar-refractivity contribution in [1.29, 1.82) is 0 Å². The lowest BCUT2D eigenvalue weighted by atomic mass is 9.77. The van der Waals surface area contributed by atoms with Crippen LogP contribution in [-0.4, -0.2) is 11.2 Å². The Hall–Kier alpha value is -0.710. The Balaban J connectivity index is 0.00000144. The van der Waals surface area contributed by atoms with Crippen LogP contribution in [-0.2, 0) is 0 Å². The summed E-state index contributed by atoms with van der Waals surface area (Å²) in [5.74, 6) is -1.62. The third-order valence-electron chi connectivity index (χ3n) is 3.33. The molecule has 1 aliphatic rings. The van der Waals surface area contributed by atoms with Crippen molar-refractivity contribution < 1.29 is 13.9 Å². The van der Waals surface area contributed by atoms with Crippen LogP contribution in [0.4, 0.5) is 8.78 Å². The zero-order valence-electron chi connectivity index (χ0n) is 9.27. The van der Waals surface area contributed by atoms with Gasteiger partial charge < -0.3 is 10.8 Å². The van der Waals surface area contributed by atoms with Crippen LogP contribution in [0.3, 0.4) is 0 Å². The fraction of sp³-hybridized carbons (Fsp3) is 0.500. The van der Waals surface area contributed by atoms with Gasteiger partial charge in [-0.15, -0.1) is 12.4 Å². The quantitative estimate of drug-likeness (QED) is 0.880. The normalized spacial score (nSPS) is 19.1. The van der Waals surface area contributed by atoms with E-state index in [-0.39, 0.29) is 18.3 Å². The lowest BCUT2D eigenvalue weighted by Crippen LogP contribution is -2.36. The van der Waals surface area contributed by atoms with Gasteiger partial charge in [0.1, 0.15) is 0 Å². The largest absolute Gasteiger partial charge is 0.391 e. The number of nitrogens with two attached hydrogens (primary N) is 1. The van der Waals surface area contributed by atoms with Crippen LogP contribution in [0.1, 0.15) is 30.9 Å². The molecule has 96 valence electrons. The summed E-state index contributed by atoms with van der Waals surface area (Å²) >= 11 is 0. The molecule has 0 amide bonds. The highest BCUT2D eigenvalue weighted by Crippen LogP contribution is 2.34. The summed E-state index contributed by atoms with van der Waals surface area (Å²) < 4.78 is 25.7. The molecule has 1 aromatic rings. The van der Waals surface area contributed by atoms with Gasteiger partial charge in [-0.1, -0.05) is 12.5 Å². The molecule has 5 heteroatoms. The van der Waals surface area contributed by atoms with Crippen LogP contribution in [0.15, 0.2) is 18.2 Å². The number of hydrogen-bond acceptors (Lipinski definition) is 2. The van der Waals surface area contributed by atoms with Crippen LogP contribution in [0.2, 0.25) is 0 Å². The Morgan fingerprint density at radius 3 is 2.35 bits per heavy atom. The van der Waals surface area contributed by atoms with E-state index >= 15 is 0 Å². The van der Waals surface area contributed by atoms with Gasteiger partial charge in [-0.25, -0.2) is 8.78 Å². The van der Waals surface area contributed by atoms with E-state index in [9.17, 15) is 13.9 Å². The van der Waals surface area contributed by atoms with Gasteiger partial charge in [0.15, 0.2) is 11.6 Å². The van der Waals surface area contributed by atoms with Crippen LogP contribution in [0.5, 0.6) is 0 Å². The maximum Gasteiger partial charge on any atom is 0.159 e. The minimum atomic E-state index is -0.922. The molecule has 0 radical (unpaired) electrons. The molecule has 0 bridgehead atoms. The Bertz CT molecular complexity index is 385. The molecule has 0 spiro atoms. The van der Waals surface area contributed by atoms with E-state index in [1.165, 1.54) is 6.07 Å². The summed E-state index contributed by atoms with van der Waals surface area (Å²) in [7, 11) is 0. The first-order chi connectivity index (χ1) is 7.59. The second kappa shape index (κ2) is 5.76. The summed E-state index contributed by atoms with van der Waals surface area (Å²) in [5, 5.41) is 9.91. The number of hydrogen-bond donors (Lipinski definition) is 2. The van der Waals surface area contributed by atoms with Gasteiger partial charge in [-0.05, 0) is 36.5 Å². The second-order valence-corrected chi connectivity index (χ2v) is 4.38. The first-order valence-electron chi connectivity index (χ1n) is 5.48. The van der Waals surface area contributed by atoms with Gasteiger partial charge in [-0.3, -0.25) is 0 Å². The van der Waals surface area contributed by atoms with E-state index in [0.29, 0.717) is 5.56 Å². The third-order valence-corrected chi connectivity index (χ3v) is 3.33. The molecule has 1 aliphatic carbocycles. The van der Waals surface area contributed by atoms with Gasteiger partial charge in [-0.2, -0.15) is 0 Å². The first kappa shape index (κ1) is 14.4. The van der Waals surface area contributed by atoms with Gasteiger partial charge >= 0.3 is 0 Å². The van der Waals surface area contributed by atoms with Crippen molar-refractivity contribution in [2.75, 3.05) is 0 Å². The smallest absolute Gasteiger partial charge is 0.159 e. The molecule has 0 unspecified atom stereocenters. The Labute approximate surface area is 105 Å². The molecule has 0 heterocycles. The van der Waals surface area contributed by atoms with E-state index in [4.69, 9.17) is 5.73 Å². The maximum atomic E-state index is 13.0. The molecule has 2 nitrogen and oxygen atoms in total. The van der Waals surface area contributed by atoms with E-state index in [2.05, 4.69) is 0 Å². The van der Waals surface area contributed by atoms with Crippen LogP contribution in [0, 0.1) is 17.6 Å². The van der Waals surface area contributed by atoms with Gasteiger partial charge in [0, 0.05) is 0 Å². The highest BCUT2D eigenvalue weighted by Gasteiger charge is 2.30. The number of halogens is 3. The van der Waals surface area contributed by atoms with Crippen molar-refractivity contribution in [3.8, 4) is 0 Å². The molecule has 3 N–H and O–H groups in total. The number of aliphatic hydroxyl groups excluding tert-OH is 1. The van der Waals surface area contributed by atoms with Crippen LogP contribution < -0.4 is 5.73 Å². The van der Waals surface area contributed by atoms with Gasteiger partial charge in [0.25, 0.3) is 0 Å². The van der Waals surface area contributed by atoms with Crippen molar-refractivity contribution in [2.24, 2.45) is 11.7 Å². The minimum absolute atomic E-state index is 0. The topological polar surface area (TPSA) is 46.2 Å². The molecule has 0 aliphatic heterocycles. The lowest BCUT2D eigenvalue weighted by molar-refractivity contribution is 0.0413. The van der Waals surface area contributed by atoms with Gasteiger partial charge in [0.05, 0.1) is 12.1 Å². The predicted molar refractivity (Wildman–Crippen MR) is 63.9 cm³/mol. The van der Waals surface area contributed by atoms with Crippen LogP contribution >= 0.6 is 12.4 Å². The van der Waals surface area contributed by atoms with Crippen LogP contribution in [0.25, 0.3) is 0 Å². The summed E-state index contributed by atoms with van der Waals surface area (Å²) in [6.45, 7) is 0. The van der Waals surface area contributed by atoms with Gasteiger partial charge in [0.2, 0.25) is 0 Å². The average molecular weight is 264 g/mol. The fourth-order valence-electron chi connectivity index (χ4n) is 1.99. The van der Waals surface area contributed by atoms with E-state index in [1.807, 2.05) is 0 Å². The average Bonchev–Trinajstić information content (AvgIpc) is 2.18. The summed E-state index contributed by atoms with van der Waals surface area (Å²) in [6.07, 6.45) is 2.35. The molecular formula is C12H16ClF2NO. The fourth-order valence-corrected chi connectivity index (χ4v) is 1.99. The molecule has 0 aromatic heterocycles. The molecule has 2 atom stereocenters. The zero-order valence-corrected chi connectivity index (χ0v) is 10.1. The highest BCUT2D eigenvalue weighted by atomic mass is 35.5. The third kappa shape index (κ3) is 2.94. The Morgan fingerprint density at radius 1 is 1.24 bits per heavy atom. The van der Waals surface area contributed by atoms with E-state index in [0.717, 1.165) is 31.4 Å². The summed E-state index contributed by atoms with van der Waals surface area (Å²) in [4.78, 5) is 0. The number of rotatable bonds is 3. The number of benzene rings is 1. The Morgan fingerprint density at radius 2 is 1.88 bits per heavy atom. The minimum Gasteiger partial charge on any atom is -0.391 e. The zero-order chi connectivity index (χ0) is 11.7. The van der Waals surface area contributed by atoms with E-state index < -0.39 is 23.8 Å². The predicted octanol–water partition coefficient (Wildman–Crippen LogP) is 2.55. The molecule has 1 fully saturated rings. The standard InChI is InChI=1S/C12H15F2NO.ClH/c13-9-5-4-8(6-10(9)14)11(15)12(16)7-2-1-3-7;/h4-7,11-12,16H,1-3,15H2;1H/t11-,12+;/m1./s1. The molecule has 1 saturated carbocycles. The summed E-state index contributed by atoms with van der Waals surface area (Å²) in [6, 6.07) is 2.88. The Kier molecular flexibility index (Phi) is 4.86. The van der Waals surface area contributed by atoms with Crippen molar-refractivity contribution in [1.82, 2.24) is 0 Å². The SMILES string of the molecule is Cl.N[C@H](c1ccc(F)c(F)c1)[C@@H](O)C1CCC1. The van der Waals surface area contributed by atoms with E-state index in [1.54, 1.807) is 0 Å². The second-order valence-electron chi connectivity index (χ2n) is 4.38. The molecule has 1 aromatic carbocycles. The first-order valence-corrected chi connectivity index (χ1v) is 5.48. The highest BCUT2D eigenvalue weighted by molar-refractivity contribution is 5.85. The summed E-state index contributed by atoms with van der Waals surface area (Å²) in [5.41, 5.74) is 6.27. The number of aliphatic hydroxyl groups is 1.